The Hall–Kier alpha value is -0.820. The molecule has 100 valence electrons. The number of benzene rings is 1. The van der Waals surface area contributed by atoms with Gasteiger partial charge in [-0.3, -0.25) is 0 Å². The molecule has 0 saturated heterocycles. The zero-order valence-corrected chi connectivity index (χ0v) is 12.3. The highest BCUT2D eigenvalue weighted by Crippen LogP contribution is 2.48. The van der Waals surface area contributed by atoms with Crippen molar-refractivity contribution in [2.75, 3.05) is 13.1 Å². The average molecular weight is 245 g/mol. The topological polar surface area (TPSA) is 12.0 Å². The normalized spacial score (nSPS) is 27.3. The molecule has 1 fully saturated rings. The zero-order chi connectivity index (χ0) is 13.2. The lowest BCUT2D eigenvalue weighted by Gasteiger charge is -2.49. The summed E-state index contributed by atoms with van der Waals surface area (Å²) in [6.07, 6.45) is 2.71. The van der Waals surface area contributed by atoms with Gasteiger partial charge in [0, 0.05) is 12.0 Å². The molecule has 0 spiro atoms. The van der Waals surface area contributed by atoms with E-state index < -0.39 is 0 Å². The van der Waals surface area contributed by atoms with Crippen molar-refractivity contribution in [2.24, 2.45) is 11.8 Å². The van der Waals surface area contributed by atoms with E-state index in [9.17, 15) is 0 Å². The molecule has 0 heterocycles. The first kappa shape index (κ1) is 13.6. The van der Waals surface area contributed by atoms with E-state index >= 15 is 0 Å². The number of rotatable bonds is 5. The highest BCUT2D eigenvalue weighted by molar-refractivity contribution is 5.33. The van der Waals surface area contributed by atoms with Crippen molar-refractivity contribution >= 4 is 0 Å². The van der Waals surface area contributed by atoms with Crippen molar-refractivity contribution in [1.29, 1.82) is 0 Å². The summed E-state index contributed by atoms with van der Waals surface area (Å²) in [7, 11) is 0. The van der Waals surface area contributed by atoms with Gasteiger partial charge in [0.2, 0.25) is 0 Å². The zero-order valence-electron chi connectivity index (χ0n) is 12.3. The minimum absolute atomic E-state index is 0.390. The van der Waals surface area contributed by atoms with E-state index in [2.05, 4.69) is 57.3 Å². The fraction of sp³-hybridized carbons (Fsp3) is 0.647. The lowest BCUT2D eigenvalue weighted by molar-refractivity contribution is 0.133. The Morgan fingerprint density at radius 2 is 2.17 bits per heavy atom. The van der Waals surface area contributed by atoms with Gasteiger partial charge in [0.15, 0.2) is 0 Å². The van der Waals surface area contributed by atoms with E-state index in [0.29, 0.717) is 5.41 Å². The summed E-state index contributed by atoms with van der Waals surface area (Å²) in [5.41, 5.74) is 3.31. The van der Waals surface area contributed by atoms with Crippen molar-refractivity contribution in [3.8, 4) is 0 Å². The number of hydrogen-bond acceptors (Lipinski definition) is 1. The number of nitrogens with one attached hydrogen (secondary N) is 1. The molecule has 2 rings (SSSR count). The molecule has 1 aromatic rings. The molecule has 1 heteroatoms. The van der Waals surface area contributed by atoms with Crippen LogP contribution in [-0.2, 0) is 5.41 Å². The minimum atomic E-state index is 0.390. The van der Waals surface area contributed by atoms with Crippen LogP contribution in [0.3, 0.4) is 0 Å². The molecule has 2 atom stereocenters. The fourth-order valence-corrected chi connectivity index (χ4v) is 3.11. The van der Waals surface area contributed by atoms with Gasteiger partial charge in [0.1, 0.15) is 0 Å². The molecule has 1 N–H and O–H groups in total. The summed E-state index contributed by atoms with van der Waals surface area (Å²) in [6, 6.07) is 9.11. The molecule has 0 bridgehead atoms. The maximum atomic E-state index is 3.68. The summed E-state index contributed by atoms with van der Waals surface area (Å²) in [6.45, 7) is 11.4. The van der Waals surface area contributed by atoms with Crippen LogP contribution in [0, 0.1) is 18.8 Å². The second kappa shape index (κ2) is 5.44. The standard InChI is InChI=1S/C17H27N/c1-13(2)11-18-12-17(9-8-15(17)4)16-7-5-6-14(3)10-16/h5-7,10,13,15,18H,8-9,11-12H2,1-4H3. The largest absolute Gasteiger partial charge is 0.316 e. The Kier molecular flexibility index (Phi) is 4.11. The predicted molar refractivity (Wildman–Crippen MR) is 79.0 cm³/mol. The van der Waals surface area contributed by atoms with E-state index in [1.54, 1.807) is 0 Å². The van der Waals surface area contributed by atoms with Gasteiger partial charge in [-0.25, -0.2) is 0 Å². The molecule has 1 nitrogen and oxygen atoms in total. The summed E-state index contributed by atoms with van der Waals surface area (Å²) >= 11 is 0. The van der Waals surface area contributed by atoms with Crippen LogP contribution in [0.25, 0.3) is 0 Å². The molecule has 1 aliphatic rings. The van der Waals surface area contributed by atoms with Crippen molar-refractivity contribution in [1.82, 2.24) is 5.32 Å². The van der Waals surface area contributed by atoms with Crippen LogP contribution in [0.15, 0.2) is 24.3 Å². The molecule has 0 aromatic heterocycles. The van der Waals surface area contributed by atoms with Crippen LogP contribution in [0.5, 0.6) is 0 Å². The maximum Gasteiger partial charge on any atom is 0.0103 e. The monoisotopic (exact) mass is 245 g/mol. The highest BCUT2D eigenvalue weighted by Gasteiger charge is 2.44. The summed E-state index contributed by atoms with van der Waals surface area (Å²) in [5, 5.41) is 3.68. The molecule has 0 aliphatic heterocycles. The van der Waals surface area contributed by atoms with Crippen molar-refractivity contribution in [3.63, 3.8) is 0 Å². The predicted octanol–water partition coefficient (Wildman–Crippen LogP) is 3.91. The SMILES string of the molecule is Cc1cccc(C2(CNCC(C)C)CCC2C)c1. The molecule has 0 amide bonds. The van der Waals surface area contributed by atoms with Gasteiger partial charge < -0.3 is 5.32 Å². The quantitative estimate of drug-likeness (QED) is 0.829. The van der Waals surface area contributed by atoms with E-state index in [-0.39, 0.29) is 0 Å². The van der Waals surface area contributed by atoms with E-state index in [0.717, 1.165) is 24.9 Å². The number of hydrogen-bond donors (Lipinski definition) is 1. The molecule has 1 aromatic carbocycles. The number of aryl methyl sites for hydroxylation is 1. The Morgan fingerprint density at radius 3 is 2.67 bits per heavy atom. The van der Waals surface area contributed by atoms with Crippen LogP contribution >= 0.6 is 0 Å². The van der Waals surface area contributed by atoms with Crippen molar-refractivity contribution in [3.05, 3.63) is 35.4 Å². The van der Waals surface area contributed by atoms with Gasteiger partial charge in [-0.2, -0.15) is 0 Å². The Balaban J connectivity index is 2.12. The molecular weight excluding hydrogens is 218 g/mol. The van der Waals surface area contributed by atoms with E-state index in [1.165, 1.54) is 24.0 Å². The summed E-state index contributed by atoms with van der Waals surface area (Å²) < 4.78 is 0. The van der Waals surface area contributed by atoms with Crippen molar-refractivity contribution in [2.45, 2.75) is 46.0 Å². The summed E-state index contributed by atoms with van der Waals surface area (Å²) in [5.74, 6) is 1.54. The lowest BCUT2D eigenvalue weighted by Crippen LogP contribution is -2.50. The van der Waals surface area contributed by atoms with Gasteiger partial charge >= 0.3 is 0 Å². The van der Waals surface area contributed by atoms with Gasteiger partial charge in [-0.15, -0.1) is 0 Å². The third-order valence-corrected chi connectivity index (χ3v) is 4.55. The summed E-state index contributed by atoms with van der Waals surface area (Å²) in [4.78, 5) is 0. The van der Waals surface area contributed by atoms with Gasteiger partial charge in [-0.05, 0) is 43.7 Å². The first-order valence-corrected chi connectivity index (χ1v) is 7.32. The van der Waals surface area contributed by atoms with Crippen LogP contribution in [-0.4, -0.2) is 13.1 Å². The van der Waals surface area contributed by atoms with Crippen molar-refractivity contribution < 1.29 is 0 Å². The van der Waals surface area contributed by atoms with Crippen LogP contribution in [0.4, 0.5) is 0 Å². The van der Waals surface area contributed by atoms with Gasteiger partial charge in [0.25, 0.3) is 0 Å². The first-order valence-electron chi connectivity index (χ1n) is 7.32. The molecule has 1 aliphatic carbocycles. The first-order chi connectivity index (χ1) is 8.54. The Labute approximate surface area is 112 Å². The maximum absolute atomic E-state index is 3.68. The molecule has 0 radical (unpaired) electrons. The van der Waals surface area contributed by atoms with Gasteiger partial charge in [0.05, 0.1) is 0 Å². The average Bonchev–Trinajstić information content (AvgIpc) is 2.32. The van der Waals surface area contributed by atoms with Crippen LogP contribution in [0.2, 0.25) is 0 Å². The third-order valence-electron chi connectivity index (χ3n) is 4.55. The van der Waals surface area contributed by atoms with Crippen LogP contribution in [0.1, 0.15) is 44.7 Å². The second-order valence-corrected chi connectivity index (χ2v) is 6.49. The van der Waals surface area contributed by atoms with Crippen LogP contribution < -0.4 is 5.32 Å². The van der Waals surface area contributed by atoms with E-state index in [1.807, 2.05) is 0 Å². The molecule has 1 saturated carbocycles. The molecular formula is C17H27N. The lowest BCUT2D eigenvalue weighted by atomic mass is 9.57. The van der Waals surface area contributed by atoms with E-state index in [4.69, 9.17) is 0 Å². The minimum Gasteiger partial charge on any atom is -0.316 e. The Bertz CT molecular complexity index is 396. The third kappa shape index (κ3) is 2.61. The second-order valence-electron chi connectivity index (χ2n) is 6.49. The fourth-order valence-electron chi connectivity index (χ4n) is 3.11. The highest BCUT2D eigenvalue weighted by atomic mass is 14.9. The van der Waals surface area contributed by atoms with Gasteiger partial charge in [-0.1, -0.05) is 50.6 Å². The molecule has 2 unspecified atom stereocenters. The molecule has 18 heavy (non-hydrogen) atoms. The smallest absolute Gasteiger partial charge is 0.0103 e. The Morgan fingerprint density at radius 1 is 1.39 bits per heavy atom.